The molecule has 0 aromatic heterocycles. The minimum atomic E-state index is -0.766. The van der Waals surface area contributed by atoms with E-state index in [2.05, 4.69) is 20.8 Å². The van der Waals surface area contributed by atoms with E-state index in [0.717, 1.165) is 31.4 Å². The van der Waals surface area contributed by atoms with E-state index in [9.17, 15) is 8.78 Å². The number of hydrogen-bond acceptors (Lipinski definition) is 2. The highest BCUT2D eigenvalue weighted by molar-refractivity contribution is 5.53. The van der Waals surface area contributed by atoms with Crippen LogP contribution in [0.3, 0.4) is 0 Å². The van der Waals surface area contributed by atoms with Crippen LogP contribution in [0.1, 0.15) is 40.0 Å². The first kappa shape index (κ1) is 14.1. The summed E-state index contributed by atoms with van der Waals surface area (Å²) in [5.41, 5.74) is 5.67. The maximum Gasteiger partial charge on any atom is 0.152 e. The molecule has 0 radical (unpaired) electrons. The smallest absolute Gasteiger partial charge is 0.152 e. The molecule has 2 nitrogen and oxygen atoms in total. The predicted molar refractivity (Wildman–Crippen MR) is 72.0 cm³/mol. The minimum absolute atomic E-state index is 0.0396. The standard InChI is InChI=1S/C15H21F2NO/c1-9-4-11(8-15(2,3)7-9)19-13-6-10(16)5-12(17)14(13)18/h5-6,9,11H,4,7-8,18H2,1-3H3. The van der Waals surface area contributed by atoms with Crippen LogP contribution in [0.4, 0.5) is 14.5 Å². The molecule has 19 heavy (non-hydrogen) atoms. The summed E-state index contributed by atoms with van der Waals surface area (Å²) in [6.07, 6.45) is 2.86. The van der Waals surface area contributed by atoms with Gasteiger partial charge >= 0.3 is 0 Å². The summed E-state index contributed by atoms with van der Waals surface area (Å²) in [5.74, 6) is -0.774. The Balaban J connectivity index is 2.17. The first-order valence-electron chi connectivity index (χ1n) is 6.68. The van der Waals surface area contributed by atoms with Crippen LogP contribution in [0.25, 0.3) is 0 Å². The summed E-state index contributed by atoms with van der Waals surface area (Å²) >= 11 is 0. The Bertz CT molecular complexity index is 473. The van der Waals surface area contributed by atoms with Crippen molar-refractivity contribution >= 4 is 5.69 Å². The molecule has 2 N–H and O–H groups in total. The molecule has 0 aliphatic heterocycles. The van der Waals surface area contributed by atoms with E-state index in [1.54, 1.807) is 0 Å². The first-order valence-corrected chi connectivity index (χ1v) is 6.68. The fourth-order valence-corrected chi connectivity index (χ4v) is 3.19. The van der Waals surface area contributed by atoms with Gasteiger partial charge in [0.05, 0.1) is 6.10 Å². The second kappa shape index (κ2) is 4.99. The number of anilines is 1. The van der Waals surface area contributed by atoms with Crippen molar-refractivity contribution in [1.29, 1.82) is 0 Å². The van der Waals surface area contributed by atoms with Gasteiger partial charge in [0.2, 0.25) is 0 Å². The van der Waals surface area contributed by atoms with Gasteiger partial charge in [-0.3, -0.25) is 0 Å². The van der Waals surface area contributed by atoms with E-state index in [1.165, 1.54) is 0 Å². The van der Waals surface area contributed by atoms with Crippen LogP contribution in [-0.4, -0.2) is 6.10 Å². The molecule has 0 bridgehead atoms. The molecule has 0 heterocycles. The maximum atomic E-state index is 13.4. The van der Waals surface area contributed by atoms with E-state index >= 15 is 0 Å². The molecule has 2 atom stereocenters. The molecule has 1 aromatic rings. The lowest BCUT2D eigenvalue weighted by atomic mass is 9.71. The van der Waals surface area contributed by atoms with E-state index in [-0.39, 0.29) is 23.0 Å². The van der Waals surface area contributed by atoms with Crippen molar-refractivity contribution in [2.75, 3.05) is 5.73 Å². The van der Waals surface area contributed by atoms with Gasteiger partial charge in [0, 0.05) is 12.1 Å². The van der Waals surface area contributed by atoms with Crippen molar-refractivity contribution in [3.63, 3.8) is 0 Å². The third kappa shape index (κ3) is 3.37. The van der Waals surface area contributed by atoms with Crippen molar-refractivity contribution < 1.29 is 13.5 Å². The van der Waals surface area contributed by atoms with Gasteiger partial charge in [0.15, 0.2) is 5.82 Å². The predicted octanol–water partition coefficient (Wildman–Crippen LogP) is 4.14. The van der Waals surface area contributed by atoms with Gasteiger partial charge in [-0.15, -0.1) is 0 Å². The topological polar surface area (TPSA) is 35.2 Å². The summed E-state index contributed by atoms with van der Waals surface area (Å²) in [7, 11) is 0. The molecule has 106 valence electrons. The molecule has 1 aliphatic rings. The molecule has 4 heteroatoms. The van der Waals surface area contributed by atoms with Crippen LogP contribution in [0, 0.1) is 23.0 Å². The molecular weight excluding hydrogens is 248 g/mol. The SMILES string of the molecule is CC1CC(Oc2cc(F)cc(F)c2N)CC(C)(C)C1. The maximum absolute atomic E-state index is 13.4. The van der Waals surface area contributed by atoms with Gasteiger partial charge in [-0.1, -0.05) is 20.8 Å². The van der Waals surface area contributed by atoms with Gasteiger partial charge in [-0.25, -0.2) is 8.78 Å². The quantitative estimate of drug-likeness (QED) is 0.819. The number of benzene rings is 1. The summed E-state index contributed by atoms with van der Waals surface area (Å²) in [6.45, 7) is 6.55. The van der Waals surface area contributed by atoms with Crippen LogP contribution in [0.2, 0.25) is 0 Å². The molecule has 0 amide bonds. The zero-order valence-electron chi connectivity index (χ0n) is 11.7. The number of ether oxygens (including phenoxy) is 1. The monoisotopic (exact) mass is 269 g/mol. The van der Waals surface area contributed by atoms with Gasteiger partial charge in [-0.05, 0) is 30.6 Å². The van der Waals surface area contributed by atoms with E-state index in [0.29, 0.717) is 5.92 Å². The number of hydrogen-bond donors (Lipinski definition) is 1. The van der Waals surface area contributed by atoms with Crippen LogP contribution in [-0.2, 0) is 0 Å². The Morgan fingerprint density at radius 2 is 1.95 bits per heavy atom. The highest BCUT2D eigenvalue weighted by Crippen LogP contribution is 2.40. The Hall–Kier alpha value is -1.32. The zero-order chi connectivity index (χ0) is 14.2. The van der Waals surface area contributed by atoms with Gasteiger partial charge < -0.3 is 10.5 Å². The third-order valence-electron chi connectivity index (χ3n) is 3.70. The fraction of sp³-hybridized carbons (Fsp3) is 0.600. The normalized spacial score (nSPS) is 26.2. The van der Waals surface area contributed by atoms with E-state index in [1.807, 2.05) is 0 Å². The van der Waals surface area contributed by atoms with Gasteiger partial charge in [0.1, 0.15) is 17.3 Å². The second-order valence-corrected chi connectivity index (χ2v) is 6.45. The molecule has 2 unspecified atom stereocenters. The summed E-state index contributed by atoms with van der Waals surface area (Å²) in [5, 5.41) is 0. The zero-order valence-corrected chi connectivity index (χ0v) is 11.7. The fourth-order valence-electron chi connectivity index (χ4n) is 3.19. The summed E-state index contributed by atoms with van der Waals surface area (Å²) in [6, 6.07) is 1.93. The highest BCUT2D eigenvalue weighted by Gasteiger charge is 2.33. The molecule has 2 rings (SSSR count). The minimum Gasteiger partial charge on any atom is -0.488 e. The number of halogens is 2. The third-order valence-corrected chi connectivity index (χ3v) is 3.70. The Labute approximate surface area is 112 Å². The van der Waals surface area contributed by atoms with Crippen molar-refractivity contribution in [3.8, 4) is 5.75 Å². The van der Waals surface area contributed by atoms with Gasteiger partial charge in [0.25, 0.3) is 0 Å². The summed E-state index contributed by atoms with van der Waals surface area (Å²) < 4.78 is 32.3. The average Bonchev–Trinajstić information content (AvgIpc) is 2.22. The lowest BCUT2D eigenvalue weighted by molar-refractivity contribution is 0.0564. The number of nitrogen functional groups attached to an aromatic ring is 1. The number of nitrogens with two attached hydrogens (primary N) is 1. The molecule has 0 saturated heterocycles. The summed E-state index contributed by atoms with van der Waals surface area (Å²) in [4.78, 5) is 0. The van der Waals surface area contributed by atoms with Crippen molar-refractivity contribution in [2.45, 2.75) is 46.1 Å². The lowest BCUT2D eigenvalue weighted by Crippen LogP contribution is -2.34. The van der Waals surface area contributed by atoms with Crippen molar-refractivity contribution in [1.82, 2.24) is 0 Å². The van der Waals surface area contributed by atoms with Crippen LogP contribution in [0.15, 0.2) is 12.1 Å². The molecule has 1 aromatic carbocycles. The van der Waals surface area contributed by atoms with Crippen LogP contribution < -0.4 is 10.5 Å². The van der Waals surface area contributed by atoms with Crippen molar-refractivity contribution in [3.05, 3.63) is 23.8 Å². The molecule has 0 spiro atoms. The molecule has 1 aliphatic carbocycles. The largest absolute Gasteiger partial charge is 0.488 e. The Morgan fingerprint density at radius 3 is 2.58 bits per heavy atom. The van der Waals surface area contributed by atoms with E-state index < -0.39 is 11.6 Å². The number of rotatable bonds is 2. The lowest BCUT2D eigenvalue weighted by Gasteiger charge is -2.39. The molecular formula is C15H21F2NO. The van der Waals surface area contributed by atoms with E-state index in [4.69, 9.17) is 10.5 Å². The Kier molecular flexibility index (Phi) is 3.70. The first-order chi connectivity index (χ1) is 8.77. The highest BCUT2D eigenvalue weighted by atomic mass is 19.1. The van der Waals surface area contributed by atoms with Crippen LogP contribution >= 0.6 is 0 Å². The second-order valence-electron chi connectivity index (χ2n) is 6.45. The molecule has 1 fully saturated rings. The van der Waals surface area contributed by atoms with Gasteiger partial charge in [-0.2, -0.15) is 0 Å². The molecule has 1 saturated carbocycles. The van der Waals surface area contributed by atoms with Crippen LogP contribution in [0.5, 0.6) is 5.75 Å². The Morgan fingerprint density at radius 1 is 1.26 bits per heavy atom. The van der Waals surface area contributed by atoms with Crippen molar-refractivity contribution in [2.24, 2.45) is 11.3 Å². The average molecular weight is 269 g/mol.